The highest BCUT2D eigenvalue weighted by molar-refractivity contribution is 7.92. The summed E-state index contributed by atoms with van der Waals surface area (Å²) in [5, 5.41) is 12.6. The molecule has 4 nitrogen and oxygen atoms in total. The average molecular weight is 323 g/mol. The number of halogens is 3. The maximum atomic E-state index is 12.7. The van der Waals surface area contributed by atoms with Crippen LogP contribution in [0.25, 0.3) is 0 Å². The molecule has 2 atom stereocenters. The Morgan fingerprint density at radius 3 is 2.38 bits per heavy atom. The molecule has 2 N–H and O–H groups in total. The summed E-state index contributed by atoms with van der Waals surface area (Å²) >= 11 is 0. The van der Waals surface area contributed by atoms with E-state index in [0.29, 0.717) is 12.8 Å². The van der Waals surface area contributed by atoms with Crippen LogP contribution < -0.4 is 5.32 Å². The lowest BCUT2D eigenvalue weighted by atomic mass is 9.92. The molecular weight excluding hydrogens is 307 g/mol. The van der Waals surface area contributed by atoms with Crippen molar-refractivity contribution in [1.82, 2.24) is 0 Å². The summed E-state index contributed by atoms with van der Waals surface area (Å²) in [6, 6.07) is 4.44. The third kappa shape index (κ3) is 3.32. The van der Waals surface area contributed by atoms with Crippen LogP contribution >= 0.6 is 0 Å². The van der Waals surface area contributed by atoms with E-state index in [4.69, 9.17) is 0 Å². The van der Waals surface area contributed by atoms with Crippen LogP contribution in [0, 0.1) is 0 Å². The maximum absolute atomic E-state index is 12.7. The largest absolute Gasteiger partial charge is 0.501 e. The van der Waals surface area contributed by atoms with Crippen molar-refractivity contribution in [2.75, 3.05) is 5.32 Å². The first-order valence-electron chi connectivity index (χ1n) is 6.58. The number of para-hydroxylation sites is 1. The zero-order valence-electron chi connectivity index (χ0n) is 11.1. The molecule has 2 rings (SSSR count). The van der Waals surface area contributed by atoms with E-state index in [9.17, 15) is 26.7 Å². The molecule has 0 spiro atoms. The molecule has 1 aliphatic rings. The number of anilines is 1. The van der Waals surface area contributed by atoms with Crippen molar-refractivity contribution in [3.63, 3.8) is 0 Å². The molecule has 0 aromatic heterocycles. The van der Waals surface area contributed by atoms with Gasteiger partial charge in [-0.05, 0) is 25.0 Å². The van der Waals surface area contributed by atoms with Crippen LogP contribution in [0.1, 0.15) is 25.7 Å². The molecule has 1 aliphatic carbocycles. The number of hydrogen-bond donors (Lipinski definition) is 2. The van der Waals surface area contributed by atoms with Gasteiger partial charge in [0.1, 0.15) is 0 Å². The molecule has 1 fully saturated rings. The van der Waals surface area contributed by atoms with Crippen LogP contribution in [0.4, 0.5) is 18.9 Å². The molecule has 0 saturated heterocycles. The second-order valence-corrected chi connectivity index (χ2v) is 6.96. The third-order valence-electron chi connectivity index (χ3n) is 3.55. The first-order valence-corrected chi connectivity index (χ1v) is 8.07. The maximum Gasteiger partial charge on any atom is 0.501 e. The van der Waals surface area contributed by atoms with Gasteiger partial charge in [-0.2, -0.15) is 13.2 Å². The van der Waals surface area contributed by atoms with Crippen LogP contribution in [0.15, 0.2) is 29.2 Å². The predicted octanol–water partition coefficient (Wildman–Crippen LogP) is 2.70. The predicted molar refractivity (Wildman–Crippen MR) is 71.6 cm³/mol. The molecular formula is C13H16F3NO3S. The smallest absolute Gasteiger partial charge is 0.391 e. The van der Waals surface area contributed by atoms with E-state index in [1.165, 1.54) is 18.2 Å². The van der Waals surface area contributed by atoms with Gasteiger partial charge in [-0.15, -0.1) is 0 Å². The lowest BCUT2D eigenvalue weighted by Crippen LogP contribution is -2.37. The molecule has 1 aromatic rings. The molecule has 1 saturated carbocycles. The Morgan fingerprint density at radius 1 is 1.14 bits per heavy atom. The van der Waals surface area contributed by atoms with Gasteiger partial charge in [0.05, 0.1) is 22.7 Å². The second kappa shape index (κ2) is 5.84. The average Bonchev–Trinajstić information content (AvgIpc) is 2.40. The summed E-state index contributed by atoms with van der Waals surface area (Å²) in [5.41, 5.74) is -5.48. The Bertz CT molecular complexity index is 601. The number of aliphatic hydroxyl groups is 1. The third-order valence-corrected chi connectivity index (χ3v) is 5.10. The summed E-state index contributed by atoms with van der Waals surface area (Å²) in [5.74, 6) is 0. The summed E-state index contributed by atoms with van der Waals surface area (Å²) in [6.07, 6.45) is 2.12. The second-order valence-electron chi connectivity index (χ2n) is 5.05. The van der Waals surface area contributed by atoms with Crippen molar-refractivity contribution in [1.29, 1.82) is 0 Å². The van der Waals surface area contributed by atoms with Crippen molar-refractivity contribution in [2.45, 2.75) is 48.2 Å². The topological polar surface area (TPSA) is 66.4 Å². The normalized spacial score (nSPS) is 23.8. The van der Waals surface area contributed by atoms with Crippen LogP contribution in [-0.4, -0.2) is 31.2 Å². The number of hydrogen-bond acceptors (Lipinski definition) is 4. The summed E-state index contributed by atoms with van der Waals surface area (Å²) in [4.78, 5) is -0.810. The van der Waals surface area contributed by atoms with Crippen molar-refractivity contribution in [3.8, 4) is 0 Å². The minimum absolute atomic E-state index is 0.124. The minimum atomic E-state index is -5.42. The molecule has 8 heteroatoms. The van der Waals surface area contributed by atoms with Gasteiger partial charge >= 0.3 is 5.51 Å². The number of nitrogens with one attached hydrogen (secondary N) is 1. The van der Waals surface area contributed by atoms with Gasteiger partial charge in [-0.3, -0.25) is 0 Å². The van der Waals surface area contributed by atoms with E-state index in [-0.39, 0.29) is 5.69 Å². The zero-order valence-corrected chi connectivity index (χ0v) is 11.9. The van der Waals surface area contributed by atoms with Gasteiger partial charge in [-0.1, -0.05) is 25.0 Å². The molecule has 21 heavy (non-hydrogen) atoms. The van der Waals surface area contributed by atoms with Gasteiger partial charge < -0.3 is 10.4 Å². The molecule has 0 amide bonds. The van der Waals surface area contributed by atoms with Crippen molar-refractivity contribution >= 4 is 15.5 Å². The number of benzene rings is 1. The molecule has 118 valence electrons. The van der Waals surface area contributed by atoms with Gasteiger partial charge in [0, 0.05) is 0 Å². The van der Waals surface area contributed by atoms with Gasteiger partial charge in [0.15, 0.2) is 0 Å². The van der Waals surface area contributed by atoms with E-state index in [1.54, 1.807) is 0 Å². The Kier molecular flexibility index (Phi) is 4.48. The SMILES string of the molecule is O=S(=O)(c1ccccc1NC1CCCCC1O)C(F)(F)F. The van der Waals surface area contributed by atoms with Crippen molar-refractivity contribution in [3.05, 3.63) is 24.3 Å². The summed E-state index contributed by atoms with van der Waals surface area (Å²) in [6.45, 7) is 0. The summed E-state index contributed by atoms with van der Waals surface area (Å²) in [7, 11) is -5.42. The molecule has 0 aliphatic heterocycles. The van der Waals surface area contributed by atoms with E-state index in [2.05, 4.69) is 5.32 Å². The fraction of sp³-hybridized carbons (Fsp3) is 0.538. The Labute approximate surface area is 120 Å². The molecule has 0 radical (unpaired) electrons. The Hall–Kier alpha value is -1.28. The highest BCUT2D eigenvalue weighted by Crippen LogP contribution is 2.35. The van der Waals surface area contributed by atoms with E-state index >= 15 is 0 Å². The van der Waals surface area contributed by atoms with Gasteiger partial charge in [0.2, 0.25) is 0 Å². The number of alkyl halides is 3. The van der Waals surface area contributed by atoms with Crippen LogP contribution in [-0.2, 0) is 9.84 Å². The minimum Gasteiger partial charge on any atom is -0.391 e. The first kappa shape index (κ1) is 16.1. The zero-order chi connectivity index (χ0) is 15.7. The van der Waals surface area contributed by atoms with Crippen LogP contribution in [0.5, 0.6) is 0 Å². The van der Waals surface area contributed by atoms with E-state index in [0.717, 1.165) is 18.9 Å². The van der Waals surface area contributed by atoms with Crippen molar-refractivity contribution < 1.29 is 26.7 Å². The van der Waals surface area contributed by atoms with E-state index < -0.39 is 32.4 Å². The van der Waals surface area contributed by atoms with Crippen molar-refractivity contribution in [2.24, 2.45) is 0 Å². The monoisotopic (exact) mass is 323 g/mol. The molecule has 0 heterocycles. The fourth-order valence-electron chi connectivity index (χ4n) is 2.42. The summed E-state index contributed by atoms with van der Waals surface area (Å²) < 4.78 is 61.2. The standard InChI is InChI=1S/C13H16F3NO3S/c14-13(15,16)21(19,20)12-8-4-2-6-10(12)17-9-5-1-3-7-11(9)18/h2,4,6,8-9,11,17-18H,1,3,5,7H2. The number of aliphatic hydroxyl groups excluding tert-OH is 1. The quantitative estimate of drug-likeness (QED) is 0.897. The highest BCUT2D eigenvalue weighted by Gasteiger charge is 2.48. The molecule has 1 aromatic carbocycles. The first-order chi connectivity index (χ1) is 9.73. The van der Waals surface area contributed by atoms with Crippen LogP contribution in [0.2, 0.25) is 0 Å². The Morgan fingerprint density at radius 2 is 1.76 bits per heavy atom. The van der Waals surface area contributed by atoms with E-state index in [1.807, 2.05) is 0 Å². The molecule has 0 bridgehead atoms. The van der Waals surface area contributed by atoms with Gasteiger partial charge in [0.25, 0.3) is 9.84 Å². The highest BCUT2D eigenvalue weighted by atomic mass is 32.2. The van der Waals surface area contributed by atoms with Crippen LogP contribution in [0.3, 0.4) is 0 Å². The number of rotatable bonds is 3. The lowest BCUT2D eigenvalue weighted by molar-refractivity contribution is -0.0435. The molecule has 2 unspecified atom stereocenters. The fourth-order valence-corrected chi connectivity index (χ4v) is 3.35. The Balaban J connectivity index is 2.34. The lowest BCUT2D eigenvalue weighted by Gasteiger charge is -2.30. The van der Waals surface area contributed by atoms with Gasteiger partial charge in [-0.25, -0.2) is 8.42 Å². The number of sulfone groups is 1.